The second-order valence-corrected chi connectivity index (χ2v) is 8.99. The minimum absolute atomic E-state index is 0.0166. The zero-order valence-corrected chi connectivity index (χ0v) is 17.7. The average Bonchev–Trinajstić information content (AvgIpc) is 3.25. The maximum absolute atomic E-state index is 12.9. The molecule has 0 radical (unpaired) electrons. The van der Waals surface area contributed by atoms with E-state index < -0.39 is 10.0 Å². The van der Waals surface area contributed by atoms with E-state index >= 15 is 0 Å². The molecule has 3 heterocycles. The molecule has 0 saturated carbocycles. The molecule has 9 nitrogen and oxygen atoms in total. The van der Waals surface area contributed by atoms with Gasteiger partial charge in [0.15, 0.2) is 0 Å². The minimum atomic E-state index is -3.55. The van der Waals surface area contributed by atoms with Crippen molar-refractivity contribution in [2.75, 3.05) is 19.7 Å². The summed E-state index contributed by atoms with van der Waals surface area (Å²) in [6, 6.07) is 6.53. The number of hydrogen-bond acceptors (Lipinski definition) is 8. The van der Waals surface area contributed by atoms with E-state index in [4.69, 9.17) is 9.15 Å². The number of aromatic nitrogens is 4. The van der Waals surface area contributed by atoms with Crippen molar-refractivity contribution in [1.82, 2.24) is 24.5 Å². The van der Waals surface area contributed by atoms with Crippen molar-refractivity contribution < 1.29 is 17.6 Å². The summed E-state index contributed by atoms with van der Waals surface area (Å²) in [4.78, 5) is 8.41. The lowest BCUT2D eigenvalue weighted by molar-refractivity contribution is 0.291. The Balaban J connectivity index is 1.43. The third-order valence-electron chi connectivity index (χ3n) is 5.16. The Morgan fingerprint density at radius 2 is 1.90 bits per heavy atom. The summed E-state index contributed by atoms with van der Waals surface area (Å²) in [6.45, 7) is 5.06. The third-order valence-corrected chi connectivity index (χ3v) is 7.07. The Morgan fingerprint density at radius 1 is 1.17 bits per heavy atom. The Hall–Kier alpha value is -2.85. The molecule has 0 unspecified atom stereocenters. The second kappa shape index (κ2) is 8.49. The second-order valence-electron chi connectivity index (χ2n) is 7.05. The SMILES string of the molecule is CCOc1ccc(S(=O)(=O)N2CCC(c3nnc(-c4cncnc4C)o3)CC2)cc1. The molecule has 0 atom stereocenters. The van der Waals surface area contributed by atoms with Crippen LogP contribution in [-0.4, -0.2) is 52.6 Å². The van der Waals surface area contributed by atoms with Crippen molar-refractivity contribution in [3.63, 3.8) is 0 Å². The van der Waals surface area contributed by atoms with Gasteiger partial charge in [-0.3, -0.25) is 0 Å². The van der Waals surface area contributed by atoms with Crippen molar-refractivity contribution in [1.29, 1.82) is 0 Å². The van der Waals surface area contributed by atoms with Crippen molar-refractivity contribution in [2.24, 2.45) is 0 Å². The van der Waals surface area contributed by atoms with Gasteiger partial charge in [-0.1, -0.05) is 0 Å². The molecule has 2 aromatic heterocycles. The average molecular weight is 430 g/mol. The molecule has 30 heavy (non-hydrogen) atoms. The molecular formula is C20H23N5O4S. The number of rotatable bonds is 6. The minimum Gasteiger partial charge on any atom is -0.494 e. The van der Waals surface area contributed by atoms with Crippen molar-refractivity contribution >= 4 is 10.0 Å². The highest BCUT2D eigenvalue weighted by atomic mass is 32.2. The molecule has 1 aromatic carbocycles. The van der Waals surface area contributed by atoms with Crippen LogP contribution in [0.4, 0.5) is 0 Å². The van der Waals surface area contributed by atoms with E-state index in [1.165, 1.54) is 10.6 Å². The summed E-state index contributed by atoms with van der Waals surface area (Å²) < 4.78 is 38.6. The highest BCUT2D eigenvalue weighted by Gasteiger charge is 2.32. The normalized spacial score (nSPS) is 15.9. The van der Waals surface area contributed by atoms with Crippen LogP contribution in [0.2, 0.25) is 0 Å². The molecule has 1 aliphatic heterocycles. The van der Waals surface area contributed by atoms with Gasteiger partial charge in [-0.15, -0.1) is 10.2 Å². The quantitative estimate of drug-likeness (QED) is 0.588. The van der Waals surface area contributed by atoms with Gasteiger partial charge in [0.05, 0.1) is 22.8 Å². The molecule has 4 rings (SSSR count). The largest absolute Gasteiger partial charge is 0.494 e. The highest BCUT2D eigenvalue weighted by Crippen LogP contribution is 2.32. The molecule has 1 saturated heterocycles. The third kappa shape index (κ3) is 4.05. The smallest absolute Gasteiger partial charge is 0.251 e. The van der Waals surface area contributed by atoms with Crippen LogP contribution in [0.5, 0.6) is 5.75 Å². The topological polar surface area (TPSA) is 111 Å². The predicted octanol–water partition coefficient (Wildman–Crippen LogP) is 2.80. The summed E-state index contributed by atoms with van der Waals surface area (Å²) in [5.41, 5.74) is 1.46. The fourth-order valence-corrected chi connectivity index (χ4v) is 4.95. The molecule has 0 N–H and O–H groups in total. The van der Waals surface area contributed by atoms with Gasteiger partial charge in [0.2, 0.25) is 15.9 Å². The molecule has 0 spiro atoms. The molecule has 0 bridgehead atoms. The van der Waals surface area contributed by atoms with Crippen molar-refractivity contribution in [2.45, 2.75) is 37.5 Å². The number of benzene rings is 1. The van der Waals surface area contributed by atoms with Gasteiger partial charge in [-0.25, -0.2) is 18.4 Å². The highest BCUT2D eigenvalue weighted by molar-refractivity contribution is 7.89. The zero-order valence-electron chi connectivity index (χ0n) is 16.9. The Kier molecular flexibility index (Phi) is 5.78. The number of ether oxygens (including phenoxy) is 1. The monoisotopic (exact) mass is 429 g/mol. The van der Waals surface area contributed by atoms with E-state index in [-0.39, 0.29) is 10.8 Å². The Labute approximate surface area is 175 Å². The number of hydrogen-bond donors (Lipinski definition) is 0. The first-order valence-electron chi connectivity index (χ1n) is 9.82. The number of aryl methyl sites for hydroxylation is 1. The summed E-state index contributed by atoms with van der Waals surface area (Å²) in [5, 5.41) is 8.30. The molecular weight excluding hydrogens is 406 g/mol. The maximum atomic E-state index is 12.9. The summed E-state index contributed by atoms with van der Waals surface area (Å²) >= 11 is 0. The van der Waals surface area contributed by atoms with Gasteiger partial charge >= 0.3 is 0 Å². The van der Waals surface area contributed by atoms with Crippen molar-refractivity contribution in [3.8, 4) is 17.2 Å². The molecule has 1 aliphatic rings. The summed E-state index contributed by atoms with van der Waals surface area (Å²) in [5.74, 6) is 1.57. The summed E-state index contributed by atoms with van der Waals surface area (Å²) in [6.07, 6.45) is 4.34. The molecule has 0 amide bonds. The van der Waals surface area contributed by atoms with Crippen LogP contribution >= 0.6 is 0 Å². The van der Waals surface area contributed by atoms with Crippen LogP contribution in [-0.2, 0) is 10.0 Å². The van der Waals surface area contributed by atoms with Crippen LogP contribution in [0.15, 0.2) is 46.1 Å². The first kappa shape index (κ1) is 20.4. The first-order chi connectivity index (χ1) is 14.5. The zero-order chi connectivity index (χ0) is 21.1. The van der Waals surface area contributed by atoms with Gasteiger partial charge in [0.1, 0.15) is 12.1 Å². The van der Waals surface area contributed by atoms with Gasteiger partial charge < -0.3 is 9.15 Å². The predicted molar refractivity (Wildman–Crippen MR) is 108 cm³/mol. The molecule has 10 heteroatoms. The van der Waals surface area contributed by atoms with E-state index in [0.717, 1.165) is 5.69 Å². The number of piperidine rings is 1. The standard InChI is InChI=1S/C20H23N5O4S/c1-3-28-16-4-6-17(7-5-16)30(26,27)25-10-8-15(9-11-25)19-23-24-20(29-19)18-12-21-13-22-14(18)2/h4-7,12-13,15H,3,8-11H2,1-2H3. The van der Waals surface area contributed by atoms with Crippen LogP contribution in [0.25, 0.3) is 11.5 Å². The van der Waals surface area contributed by atoms with Crippen LogP contribution < -0.4 is 4.74 Å². The molecule has 0 aliphatic carbocycles. The van der Waals surface area contributed by atoms with Crippen LogP contribution in [0.3, 0.4) is 0 Å². The fourth-order valence-electron chi connectivity index (χ4n) is 3.48. The Morgan fingerprint density at radius 3 is 2.57 bits per heavy atom. The maximum Gasteiger partial charge on any atom is 0.251 e. The molecule has 1 fully saturated rings. The van der Waals surface area contributed by atoms with Crippen LogP contribution in [0, 0.1) is 6.92 Å². The lowest BCUT2D eigenvalue weighted by Crippen LogP contribution is -2.37. The number of sulfonamides is 1. The van der Waals surface area contributed by atoms with Crippen LogP contribution in [0.1, 0.15) is 37.3 Å². The molecule has 3 aromatic rings. The van der Waals surface area contributed by atoms with E-state index in [0.29, 0.717) is 55.6 Å². The van der Waals surface area contributed by atoms with Crippen molar-refractivity contribution in [3.05, 3.63) is 48.4 Å². The molecule has 158 valence electrons. The van der Waals surface area contributed by atoms with E-state index in [9.17, 15) is 8.42 Å². The van der Waals surface area contributed by atoms with Gasteiger partial charge in [-0.2, -0.15) is 4.31 Å². The summed E-state index contributed by atoms with van der Waals surface area (Å²) in [7, 11) is -3.55. The lowest BCUT2D eigenvalue weighted by Gasteiger charge is -2.29. The Bertz CT molecular complexity index is 1110. The lowest BCUT2D eigenvalue weighted by atomic mass is 9.98. The van der Waals surface area contributed by atoms with Gasteiger partial charge in [0.25, 0.3) is 5.89 Å². The van der Waals surface area contributed by atoms with E-state index in [1.54, 1.807) is 30.5 Å². The fraction of sp³-hybridized carbons (Fsp3) is 0.400. The van der Waals surface area contributed by atoms with Gasteiger partial charge in [-0.05, 0) is 51.0 Å². The van der Waals surface area contributed by atoms with E-state index in [1.807, 2.05) is 13.8 Å². The van der Waals surface area contributed by atoms with Gasteiger partial charge in [0, 0.05) is 25.2 Å². The van der Waals surface area contributed by atoms with E-state index in [2.05, 4.69) is 20.2 Å². The number of nitrogens with zero attached hydrogens (tertiary/aromatic N) is 5. The first-order valence-corrected chi connectivity index (χ1v) is 11.3.